The van der Waals surface area contributed by atoms with Crippen LogP contribution in [0.5, 0.6) is 0 Å². The largest absolute Gasteiger partial charge is 0.314 e. The zero-order chi connectivity index (χ0) is 11.8. The Morgan fingerprint density at radius 2 is 2.25 bits per heavy atom. The minimum Gasteiger partial charge on any atom is -0.314 e. The van der Waals surface area contributed by atoms with E-state index >= 15 is 0 Å². The monoisotopic (exact) mass is 240 g/mol. The molecule has 0 bridgehead atoms. The van der Waals surface area contributed by atoms with E-state index in [1.807, 2.05) is 0 Å². The first-order valence-corrected chi connectivity index (χ1v) is 7.28. The summed E-state index contributed by atoms with van der Waals surface area (Å²) < 4.78 is 0. The predicted octanol–water partition coefficient (Wildman–Crippen LogP) is 3.55. The molecule has 92 valence electrons. The number of hydrogen-bond acceptors (Lipinski definition) is 3. The van der Waals surface area contributed by atoms with Gasteiger partial charge in [0.15, 0.2) is 0 Å². The quantitative estimate of drug-likeness (QED) is 0.751. The minimum atomic E-state index is 0.694. The van der Waals surface area contributed by atoms with Gasteiger partial charge in [0, 0.05) is 11.4 Å². The van der Waals surface area contributed by atoms with Crippen molar-refractivity contribution in [3.05, 3.63) is 16.1 Å². The molecule has 1 aromatic rings. The Bertz CT molecular complexity index is 283. The Morgan fingerprint density at radius 3 is 2.81 bits per heavy atom. The second kappa shape index (κ2) is 7.80. The third-order valence-corrected chi connectivity index (χ3v) is 3.65. The number of aryl methyl sites for hydroxylation is 2. The first-order valence-electron chi connectivity index (χ1n) is 6.40. The first kappa shape index (κ1) is 13.7. The number of nitrogens with zero attached hydrogens (tertiary/aromatic N) is 1. The molecule has 1 heterocycles. The van der Waals surface area contributed by atoms with Gasteiger partial charge in [-0.15, -0.1) is 11.3 Å². The van der Waals surface area contributed by atoms with Crippen LogP contribution < -0.4 is 5.32 Å². The van der Waals surface area contributed by atoms with Gasteiger partial charge >= 0.3 is 0 Å². The molecule has 0 spiro atoms. The van der Waals surface area contributed by atoms with Gasteiger partial charge in [-0.1, -0.05) is 13.8 Å². The Labute approximate surface area is 103 Å². The van der Waals surface area contributed by atoms with Crippen molar-refractivity contribution in [2.24, 2.45) is 0 Å². The lowest BCUT2D eigenvalue weighted by molar-refractivity contribution is 0.455. The van der Waals surface area contributed by atoms with E-state index in [2.05, 4.69) is 36.5 Å². The molecule has 1 unspecified atom stereocenters. The summed E-state index contributed by atoms with van der Waals surface area (Å²) in [5.41, 5.74) is 1.27. The standard InChI is InChI=1S/C13H24N2S/c1-4-9-14-12(5-2)7-6-8-13-10-16-11(3)15-13/h10,12,14H,4-9H2,1-3H3. The molecule has 0 saturated carbocycles. The maximum absolute atomic E-state index is 4.49. The molecule has 0 aromatic carbocycles. The smallest absolute Gasteiger partial charge is 0.0897 e. The fourth-order valence-electron chi connectivity index (χ4n) is 1.85. The molecule has 0 radical (unpaired) electrons. The second-order valence-electron chi connectivity index (χ2n) is 4.31. The highest BCUT2D eigenvalue weighted by atomic mass is 32.1. The van der Waals surface area contributed by atoms with Crippen molar-refractivity contribution in [3.8, 4) is 0 Å². The third kappa shape index (κ3) is 5.08. The zero-order valence-corrected chi connectivity index (χ0v) is 11.6. The first-order chi connectivity index (χ1) is 7.76. The van der Waals surface area contributed by atoms with Crippen molar-refractivity contribution >= 4 is 11.3 Å². The summed E-state index contributed by atoms with van der Waals surface area (Å²) in [7, 11) is 0. The van der Waals surface area contributed by atoms with Crippen LogP contribution in [0.4, 0.5) is 0 Å². The lowest BCUT2D eigenvalue weighted by Gasteiger charge is -2.15. The summed E-state index contributed by atoms with van der Waals surface area (Å²) in [6.07, 6.45) is 6.11. The second-order valence-corrected chi connectivity index (χ2v) is 5.37. The van der Waals surface area contributed by atoms with Gasteiger partial charge in [0.05, 0.1) is 10.7 Å². The summed E-state index contributed by atoms with van der Waals surface area (Å²) >= 11 is 1.76. The Kier molecular flexibility index (Phi) is 6.65. The third-order valence-electron chi connectivity index (χ3n) is 2.83. The van der Waals surface area contributed by atoms with Gasteiger partial charge in [-0.05, 0) is 45.6 Å². The molecule has 1 aromatic heterocycles. The van der Waals surface area contributed by atoms with Gasteiger partial charge in [-0.2, -0.15) is 0 Å². The van der Waals surface area contributed by atoms with Gasteiger partial charge in [-0.25, -0.2) is 4.98 Å². The highest BCUT2D eigenvalue weighted by molar-refractivity contribution is 7.09. The van der Waals surface area contributed by atoms with Crippen molar-refractivity contribution in [2.75, 3.05) is 6.54 Å². The van der Waals surface area contributed by atoms with Crippen molar-refractivity contribution in [3.63, 3.8) is 0 Å². The van der Waals surface area contributed by atoms with Crippen LogP contribution in [0.15, 0.2) is 5.38 Å². The maximum atomic E-state index is 4.49. The van der Waals surface area contributed by atoms with Gasteiger partial charge in [0.2, 0.25) is 0 Å². The maximum Gasteiger partial charge on any atom is 0.0897 e. The summed E-state index contributed by atoms with van der Waals surface area (Å²) in [6, 6.07) is 0.694. The van der Waals surface area contributed by atoms with Crippen LogP contribution >= 0.6 is 11.3 Å². The van der Waals surface area contributed by atoms with E-state index in [0.29, 0.717) is 6.04 Å². The lowest BCUT2D eigenvalue weighted by atomic mass is 10.1. The Morgan fingerprint density at radius 1 is 1.44 bits per heavy atom. The highest BCUT2D eigenvalue weighted by Crippen LogP contribution is 2.12. The minimum absolute atomic E-state index is 0.694. The van der Waals surface area contributed by atoms with Crippen LogP contribution in [-0.2, 0) is 6.42 Å². The lowest BCUT2D eigenvalue weighted by Crippen LogP contribution is -2.29. The number of thiazole rings is 1. The fraction of sp³-hybridized carbons (Fsp3) is 0.769. The summed E-state index contributed by atoms with van der Waals surface area (Å²) in [6.45, 7) is 7.71. The number of aromatic nitrogens is 1. The Hall–Kier alpha value is -0.410. The van der Waals surface area contributed by atoms with Crippen molar-refractivity contribution < 1.29 is 0 Å². The molecule has 1 atom stereocenters. The number of hydrogen-bond donors (Lipinski definition) is 1. The van der Waals surface area contributed by atoms with E-state index < -0.39 is 0 Å². The van der Waals surface area contributed by atoms with Crippen LogP contribution in [-0.4, -0.2) is 17.6 Å². The van der Waals surface area contributed by atoms with Crippen molar-refractivity contribution in [1.29, 1.82) is 0 Å². The molecule has 0 amide bonds. The Balaban J connectivity index is 2.17. The molecule has 0 fully saturated rings. The zero-order valence-electron chi connectivity index (χ0n) is 10.8. The van der Waals surface area contributed by atoms with Crippen molar-refractivity contribution in [1.82, 2.24) is 10.3 Å². The summed E-state index contributed by atoms with van der Waals surface area (Å²) in [5.74, 6) is 0. The highest BCUT2D eigenvalue weighted by Gasteiger charge is 2.05. The van der Waals surface area contributed by atoms with E-state index in [1.165, 1.54) is 36.4 Å². The summed E-state index contributed by atoms with van der Waals surface area (Å²) in [5, 5.41) is 6.97. The van der Waals surface area contributed by atoms with Gasteiger partial charge in [-0.3, -0.25) is 0 Å². The molecule has 0 aliphatic heterocycles. The molecule has 1 rings (SSSR count). The molecular formula is C13H24N2S. The summed E-state index contributed by atoms with van der Waals surface area (Å²) in [4.78, 5) is 4.49. The van der Waals surface area contributed by atoms with E-state index in [9.17, 15) is 0 Å². The SMILES string of the molecule is CCCNC(CC)CCCc1csc(C)n1. The molecule has 16 heavy (non-hydrogen) atoms. The van der Waals surface area contributed by atoms with E-state index in [0.717, 1.165) is 13.0 Å². The van der Waals surface area contributed by atoms with Gasteiger partial charge in [0.25, 0.3) is 0 Å². The van der Waals surface area contributed by atoms with E-state index in [4.69, 9.17) is 0 Å². The van der Waals surface area contributed by atoms with Crippen LogP contribution in [0.2, 0.25) is 0 Å². The normalized spacial score (nSPS) is 12.9. The molecule has 0 aliphatic rings. The molecule has 0 aliphatic carbocycles. The van der Waals surface area contributed by atoms with Crippen LogP contribution in [0.25, 0.3) is 0 Å². The predicted molar refractivity (Wildman–Crippen MR) is 72.2 cm³/mol. The van der Waals surface area contributed by atoms with Crippen LogP contribution in [0.3, 0.4) is 0 Å². The fourth-order valence-corrected chi connectivity index (χ4v) is 2.50. The molecule has 2 nitrogen and oxygen atoms in total. The van der Waals surface area contributed by atoms with E-state index in [1.54, 1.807) is 11.3 Å². The molecular weight excluding hydrogens is 216 g/mol. The van der Waals surface area contributed by atoms with E-state index in [-0.39, 0.29) is 0 Å². The average molecular weight is 240 g/mol. The van der Waals surface area contributed by atoms with Crippen LogP contribution in [0, 0.1) is 6.92 Å². The van der Waals surface area contributed by atoms with Crippen molar-refractivity contribution in [2.45, 2.75) is 58.9 Å². The van der Waals surface area contributed by atoms with Gasteiger partial charge < -0.3 is 5.32 Å². The molecule has 1 N–H and O–H groups in total. The number of rotatable bonds is 8. The number of nitrogens with one attached hydrogen (secondary N) is 1. The average Bonchev–Trinajstić information content (AvgIpc) is 2.69. The van der Waals surface area contributed by atoms with Crippen LogP contribution in [0.1, 0.15) is 50.2 Å². The molecule has 3 heteroatoms. The van der Waals surface area contributed by atoms with Gasteiger partial charge in [0.1, 0.15) is 0 Å². The topological polar surface area (TPSA) is 24.9 Å². The molecule has 0 saturated heterocycles.